The molecule has 0 radical (unpaired) electrons. The third kappa shape index (κ3) is 3.22. The number of alkyl halides is 2. The second-order valence-electron chi connectivity index (χ2n) is 6.20. The first-order valence-electron chi connectivity index (χ1n) is 8.52. The quantitative estimate of drug-likeness (QED) is 0.519. The van der Waals surface area contributed by atoms with E-state index in [1.165, 1.54) is 17.1 Å². The smallest absolute Gasteiger partial charge is 0.256 e. The number of aromatic nitrogens is 5. The van der Waals surface area contributed by atoms with Crippen LogP contribution in [0.1, 0.15) is 5.69 Å². The van der Waals surface area contributed by atoms with Gasteiger partial charge in [-0.05, 0) is 31.2 Å². The van der Waals surface area contributed by atoms with Crippen LogP contribution in [0.4, 0.5) is 14.6 Å². The van der Waals surface area contributed by atoms with Gasteiger partial charge in [-0.2, -0.15) is 0 Å². The van der Waals surface area contributed by atoms with Crippen LogP contribution in [-0.2, 0) is 11.3 Å². The highest BCUT2D eigenvalue weighted by molar-refractivity contribution is 5.78. The molecule has 7 nitrogen and oxygen atoms in total. The molecule has 4 aromatic rings. The Balaban J connectivity index is 1.92. The highest BCUT2D eigenvalue weighted by Crippen LogP contribution is 2.31. The molecule has 0 atom stereocenters. The fourth-order valence-electron chi connectivity index (χ4n) is 3.12. The number of hydrogen-bond acceptors (Lipinski definition) is 4. The maximum Gasteiger partial charge on any atom is 0.256 e. The molecule has 1 N–H and O–H groups in total. The number of carbonyl (C=O) groups excluding carboxylic acids is 1. The lowest BCUT2D eigenvalue weighted by molar-refractivity contribution is -0.105. The van der Waals surface area contributed by atoms with E-state index in [1.807, 2.05) is 19.1 Å². The zero-order valence-electron chi connectivity index (χ0n) is 14.9. The van der Waals surface area contributed by atoms with Gasteiger partial charge in [0.1, 0.15) is 17.2 Å². The molecule has 0 aliphatic rings. The molecule has 0 spiro atoms. The molecule has 142 valence electrons. The number of halogens is 2. The summed E-state index contributed by atoms with van der Waals surface area (Å²) in [6.45, 7) is 1.36. The van der Waals surface area contributed by atoms with E-state index < -0.39 is 13.0 Å². The van der Waals surface area contributed by atoms with E-state index in [0.717, 1.165) is 5.69 Å². The third-order valence-electron chi connectivity index (χ3n) is 4.29. The standard InChI is InChI=1S/C19H16F2N6O/c1-12-3-2-4-14(25-12)18-19(26(10-23-18)9-15(20)21)13-5-6-16-22-7-17(24-11-28)27(16)8-13/h2-8,10-11,15H,9H2,1H3,(H,24,28). The van der Waals surface area contributed by atoms with E-state index in [-0.39, 0.29) is 0 Å². The van der Waals surface area contributed by atoms with Gasteiger partial charge in [-0.25, -0.2) is 18.7 Å². The van der Waals surface area contributed by atoms with Crippen LogP contribution in [0.25, 0.3) is 28.3 Å². The van der Waals surface area contributed by atoms with Crippen LogP contribution in [0.15, 0.2) is 49.1 Å². The summed E-state index contributed by atoms with van der Waals surface area (Å²) in [6.07, 6.45) is 2.66. The number of rotatable bonds is 6. The fraction of sp³-hybridized carbons (Fsp3) is 0.158. The maximum atomic E-state index is 13.1. The minimum absolute atomic E-state index is 0.474. The van der Waals surface area contributed by atoms with Gasteiger partial charge in [-0.3, -0.25) is 14.2 Å². The third-order valence-corrected chi connectivity index (χ3v) is 4.29. The second kappa shape index (κ2) is 7.18. The molecule has 9 heteroatoms. The van der Waals surface area contributed by atoms with Crippen LogP contribution in [0, 0.1) is 6.92 Å². The highest BCUT2D eigenvalue weighted by Gasteiger charge is 2.19. The van der Waals surface area contributed by atoms with Crippen molar-refractivity contribution < 1.29 is 13.6 Å². The van der Waals surface area contributed by atoms with E-state index in [9.17, 15) is 13.6 Å². The average Bonchev–Trinajstić information content (AvgIpc) is 3.25. The fourth-order valence-corrected chi connectivity index (χ4v) is 3.12. The second-order valence-corrected chi connectivity index (χ2v) is 6.20. The normalized spacial score (nSPS) is 11.3. The van der Waals surface area contributed by atoms with Gasteiger partial charge in [0.15, 0.2) is 0 Å². The molecule has 0 aliphatic heterocycles. The van der Waals surface area contributed by atoms with E-state index in [0.29, 0.717) is 40.5 Å². The Morgan fingerprint density at radius 1 is 1.21 bits per heavy atom. The Morgan fingerprint density at radius 2 is 2.07 bits per heavy atom. The van der Waals surface area contributed by atoms with Gasteiger partial charge < -0.3 is 9.88 Å². The largest absolute Gasteiger partial charge is 0.324 e. The van der Waals surface area contributed by atoms with Crippen LogP contribution in [-0.4, -0.2) is 36.8 Å². The SMILES string of the molecule is Cc1cccc(-c2ncn(CC(F)F)c2-c2ccc3ncc(NC=O)n3c2)n1. The van der Waals surface area contributed by atoms with Gasteiger partial charge in [-0.15, -0.1) is 0 Å². The predicted molar refractivity (Wildman–Crippen MR) is 100 cm³/mol. The van der Waals surface area contributed by atoms with Crippen molar-refractivity contribution in [2.75, 3.05) is 5.32 Å². The number of hydrogen-bond donors (Lipinski definition) is 1. The zero-order chi connectivity index (χ0) is 19.7. The van der Waals surface area contributed by atoms with Gasteiger partial charge in [0.2, 0.25) is 6.41 Å². The molecule has 28 heavy (non-hydrogen) atoms. The van der Waals surface area contributed by atoms with Crippen LogP contribution < -0.4 is 5.32 Å². The summed E-state index contributed by atoms with van der Waals surface area (Å²) in [7, 11) is 0. The average molecular weight is 382 g/mol. The van der Waals surface area contributed by atoms with Gasteiger partial charge in [0.05, 0.1) is 30.5 Å². The Bertz CT molecular complexity index is 1150. The zero-order valence-corrected chi connectivity index (χ0v) is 14.9. The van der Waals surface area contributed by atoms with Gasteiger partial charge in [0.25, 0.3) is 6.43 Å². The molecule has 4 aromatic heterocycles. The lowest BCUT2D eigenvalue weighted by Gasteiger charge is -2.11. The maximum absolute atomic E-state index is 13.1. The van der Waals surface area contributed by atoms with Crippen molar-refractivity contribution in [3.8, 4) is 22.6 Å². The number of imidazole rings is 2. The Morgan fingerprint density at radius 3 is 2.82 bits per heavy atom. The lowest BCUT2D eigenvalue weighted by atomic mass is 10.1. The van der Waals surface area contributed by atoms with Crippen molar-refractivity contribution in [2.45, 2.75) is 19.9 Å². The van der Waals surface area contributed by atoms with Crippen LogP contribution in [0.5, 0.6) is 0 Å². The Hall–Kier alpha value is -3.62. The first-order chi connectivity index (χ1) is 13.6. The van der Waals surface area contributed by atoms with Crippen molar-refractivity contribution >= 4 is 17.9 Å². The molecule has 4 rings (SSSR count). The number of nitrogens with one attached hydrogen (secondary N) is 1. The molecule has 0 fully saturated rings. The van der Waals surface area contributed by atoms with Crippen LogP contribution in [0.2, 0.25) is 0 Å². The minimum Gasteiger partial charge on any atom is -0.324 e. The minimum atomic E-state index is -2.53. The number of fused-ring (bicyclic) bond motifs is 1. The molecular formula is C19H16F2N6O. The van der Waals surface area contributed by atoms with Crippen LogP contribution >= 0.6 is 0 Å². The predicted octanol–water partition coefficient (Wildman–Crippen LogP) is 3.40. The van der Waals surface area contributed by atoms with Crippen molar-refractivity contribution in [3.05, 3.63) is 54.7 Å². The molecular weight excluding hydrogens is 366 g/mol. The molecule has 0 aliphatic carbocycles. The molecule has 0 unspecified atom stereocenters. The van der Waals surface area contributed by atoms with Crippen molar-refractivity contribution in [1.29, 1.82) is 0 Å². The molecule has 0 bridgehead atoms. The van der Waals surface area contributed by atoms with Crippen molar-refractivity contribution in [2.24, 2.45) is 0 Å². The summed E-state index contributed by atoms with van der Waals surface area (Å²) in [5, 5.41) is 2.57. The summed E-state index contributed by atoms with van der Waals surface area (Å²) in [6, 6.07) is 9.03. The molecule has 0 aromatic carbocycles. The van der Waals surface area contributed by atoms with Crippen LogP contribution in [0.3, 0.4) is 0 Å². The molecule has 4 heterocycles. The summed E-state index contributed by atoms with van der Waals surface area (Å²) < 4.78 is 29.4. The summed E-state index contributed by atoms with van der Waals surface area (Å²) in [4.78, 5) is 23.9. The number of nitrogens with zero attached hydrogens (tertiary/aromatic N) is 5. The highest BCUT2D eigenvalue weighted by atomic mass is 19.3. The Kier molecular flexibility index (Phi) is 4.56. The first kappa shape index (κ1) is 17.8. The molecule has 0 saturated heterocycles. The first-order valence-corrected chi connectivity index (χ1v) is 8.52. The number of pyridine rings is 2. The van der Waals surface area contributed by atoms with E-state index in [2.05, 4.69) is 20.3 Å². The molecule has 0 saturated carbocycles. The number of aryl methyl sites for hydroxylation is 1. The van der Waals surface area contributed by atoms with E-state index in [4.69, 9.17) is 0 Å². The number of carbonyl (C=O) groups is 1. The number of amides is 1. The molecule has 1 amide bonds. The van der Waals surface area contributed by atoms with Crippen molar-refractivity contribution in [1.82, 2.24) is 23.9 Å². The monoisotopic (exact) mass is 382 g/mol. The summed E-state index contributed by atoms with van der Waals surface area (Å²) in [5.74, 6) is 0.474. The van der Waals surface area contributed by atoms with Gasteiger partial charge in [-0.1, -0.05) is 6.07 Å². The Labute approximate surface area is 158 Å². The van der Waals surface area contributed by atoms with Crippen molar-refractivity contribution in [3.63, 3.8) is 0 Å². The number of anilines is 1. The lowest BCUT2D eigenvalue weighted by Crippen LogP contribution is -2.07. The summed E-state index contributed by atoms with van der Waals surface area (Å²) in [5.41, 5.74) is 3.69. The van der Waals surface area contributed by atoms with Gasteiger partial charge >= 0.3 is 0 Å². The van der Waals surface area contributed by atoms with Gasteiger partial charge in [0, 0.05) is 17.5 Å². The van der Waals surface area contributed by atoms with E-state index in [1.54, 1.807) is 28.8 Å². The van der Waals surface area contributed by atoms with E-state index >= 15 is 0 Å². The summed E-state index contributed by atoms with van der Waals surface area (Å²) >= 11 is 0. The topological polar surface area (TPSA) is 77.1 Å².